The summed E-state index contributed by atoms with van der Waals surface area (Å²) in [5, 5.41) is 0. The molecule has 86 valence electrons. The van der Waals surface area contributed by atoms with Gasteiger partial charge in [-0.15, -0.1) is 11.8 Å². The fraction of sp³-hybridized carbons (Fsp3) is 0.462. The van der Waals surface area contributed by atoms with E-state index in [1.165, 1.54) is 24.2 Å². The van der Waals surface area contributed by atoms with E-state index in [2.05, 4.69) is 0 Å². The minimum absolute atomic E-state index is 0.286. The van der Waals surface area contributed by atoms with E-state index in [0.29, 0.717) is 5.75 Å². The molecule has 1 fully saturated rings. The normalized spacial score (nSPS) is 16.1. The molecule has 1 aliphatic heterocycles. The van der Waals surface area contributed by atoms with Crippen LogP contribution >= 0.6 is 11.8 Å². The van der Waals surface area contributed by atoms with Gasteiger partial charge in [0.1, 0.15) is 0 Å². The standard InChI is InChI=1S/C13H17NOS/c15-13(14-9-5-2-6-10-14)11-16-12-7-3-1-4-8-12/h1,3-4,7-8H,2,5-6,9-11H2. The van der Waals surface area contributed by atoms with E-state index in [9.17, 15) is 4.79 Å². The number of amides is 1. The first-order valence-corrected chi connectivity index (χ1v) is 6.80. The molecule has 0 aromatic heterocycles. The number of nitrogens with zero attached hydrogens (tertiary/aromatic N) is 1. The van der Waals surface area contributed by atoms with Gasteiger partial charge in [-0.25, -0.2) is 0 Å². The molecule has 0 bridgehead atoms. The van der Waals surface area contributed by atoms with Gasteiger partial charge in [0.2, 0.25) is 5.91 Å². The highest BCUT2D eigenvalue weighted by molar-refractivity contribution is 8.00. The van der Waals surface area contributed by atoms with Gasteiger partial charge in [-0.3, -0.25) is 4.79 Å². The molecule has 0 spiro atoms. The highest BCUT2D eigenvalue weighted by atomic mass is 32.2. The fourth-order valence-corrected chi connectivity index (χ4v) is 2.72. The van der Waals surface area contributed by atoms with Crippen molar-refractivity contribution in [2.75, 3.05) is 18.8 Å². The SMILES string of the molecule is O=C(CSc1ccccc1)N1CCCCC1. The van der Waals surface area contributed by atoms with Crippen LogP contribution in [0.25, 0.3) is 0 Å². The zero-order valence-electron chi connectivity index (χ0n) is 9.39. The zero-order chi connectivity index (χ0) is 11.2. The van der Waals surface area contributed by atoms with Crippen molar-refractivity contribution < 1.29 is 4.79 Å². The van der Waals surface area contributed by atoms with E-state index >= 15 is 0 Å². The Morgan fingerprint density at radius 3 is 2.50 bits per heavy atom. The van der Waals surface area contributed by atoms with Crippen LogP contribution in [0.15, 0.2) is 35.2 Å². The number of hydrogen-bond acceptors (Lipinski definition) is 2. The first-order chi connectivity index (χ1) is 7.86. The van der Waals surface area contributed by atoms with Crippen LogP contribution in [0.1, 0.15) is 19.3 Å². The van der Waals surface area contributed by atoms with E-state index in [1.807, 2.05) is 35.2 Å². The second-order valence-corrected chi connectivity index (χ2v) is 5.09. The van der Waals surface area contributed by atoms with Gasteiger partial charge in [-0.2, -0.15) is 0 Å². The lowest BCUT2D eigenvalue weighted by Crippen LogP contribution is -2.36. The molecule has 0 aliphatic carbocycles. The summed E-state index contributed by atoms with van der Waals surface area (Å²) in [6, 6.07) is 10.1. The molecule has 2 rings (SSSR count). The minimum atomic E-state index is 0.286. The third kappa shape index (κ3) is 3.27. The van der Waals surface area contributed by atoms with Crippen molar-refractivity contribution in [3.05, 3.63) is 30.3 Å². The lowest BCUT2D eigenvalue weighted by Gasteiger charge is -2.26. The van der Waals surface area contributed by atoms with Crippen molar-refractivity contribution in [3.8, 4) is 0 Å². The molecule has 0 atom stereocenters. The van der Waals surface area contributed by atoms with Gasteiger partial charge in [-0.05, 0) is 31.4 Å². The second kappa shape index (κ2) is 5.94. The van der Waals surface area contributed by atoms with Gasteiger partial charge < -0.3 is 4.90 Å². The molecule has 1 heterocycles. The minimum Gasteiger partial charge on any atom is -0.342 e. The Balaban J connectivity index is 1.79. The first-order valence-electron chi connectivity index (χ1n) is 5.82. The fourth-order valence-electron chi connectivity index (χ4n) is 1.90. The van der Waals surface area contributed by atoms with Crippen LogP contribution in [0.4, 0.5) is 0 Å². The lowest BCUT2D eigenvalue weighted by molar-refractivity contribution is -0.129. The second-order valence-electron chi connectivity index (χ2n) is 4.04. The van der Waals surface area contributed by atoms with E-state index < -0.39 is 0 Å². The number of benzene rings is 1. The summed E-state index contributed by atoms with van der Waals surface area (Å²) >= 11 is 1.63. The van der Waals surface area contributed by atoms with Crippen LogP contribution in [0.2, 0.25) is 0 Å². The molecule has 1 amide bonds. The number of carbonyl (C=O) groups excluding carboxylic acids is 1. The van der Waals surface area contributed by atoms with Gasteiger partial charge in [0, 0.05) is 18.0 Å². The van der Waals surface area contributed by atoms with Crippen LogP contribution in [0.5, 0.6) is 0 Å². The topological polar surface area (TPSA) is 20.3 Å². The maximum Gasteiger partial charge on any atom is 0.232 e. The molecule has 16 heavy (non-hydrogen) atoms. The molecule has 0 radical (unpaired) electrons. The quantitative estimate of drug-likeness (QED) is 0.751. The summed E-state index contributed by atoms with van der Waals surface area (Å²) in [5.41, 5.74) is 0. The third-order valence-corrected chi connectivity index (χ3v) is 3.81. The molecule has 0 N–H and O–H groups in total. The lowest BCUT2D eigenvalue weighted by atomic mass is 10.1. The largest absolute Gasteiger partial charge is 0.342 e. The van der Waals surface area contributed by atoms with Crippen molar-refractivity contribution >= 4 is 17.7 Å². The predicted octanol–water partition coefficient (Wildman–Crippen LogP) is 2.79. The number of carbonyl (C=O) groups is 1. The summed E-state index contributed by atoms with van der Waals surface area (Å²) < 4.78 is 0. The molecule has 1 aromatic carbocycles. The molecule has 2 nitrogen and oxygen atoms in total. The number of hydrogen-bond donors (Lipinski definition) is 0. The summed E-state index contributed by atoms with van der Waals surface area (Å²) in [4.78, 5) is 15.0. The Bertz CT molecular complexity index is 333. The molecular weight excluding hydrogens is 218 g/mol. The monoisotopic (exact) mass is 235 g/mol. The molecule has 1 aromatic rings. The van der Waals surface area contributed by atoms with Gasteiger partial charge in [0.05, 0.1) is 5.75 Å². The van der Waals surface area contributed by atoms with E-state index in [-0.39, 0.29) is 5.91 Å². The van der Waals surface area contributed by atoms with E-state index in [4.69, 9.17) is 0 Å². The number of likely N-dealkylation sites (tertiary alicyclic amines) is 1. The third-order valence-electron chi connectivity index (χ3n) is 2.81. The Labute approximate surface area is 101 Å². The van der Waals surface area contributed by atoms with Gasteiger partial charge in [0.25, 0.3) is 0 Å². The Kier molecular flexibility index (Phi) is 4.28. The number of thioether (sulfide) groups is 1. The summed E-state index contributed by atoms with van der Waals surface area (Å²) in [7, 11) is 0. The van der Waals surface area contributed by atoms with E-state index in [0.717, 1.165) is 13.1 Å². The first kappa shape index (κ1) is 11.5. The predicted molar refractivity (Wildman–Crippen MR) is 67.6 cm³/mol. The van der Waals surface area contributed by atoms with Crippen LogP contribution in [-0.2, 0) is 4.79 Å². The van der Waals surface area contributed by atoms with Crippen LogP contribution in [0, 0.1) is 0 Å². The highest BCUT2D eigenvalue weighted by Gasteiger charge is 2.15. The maximum absolute atomic E-state index is 11.9. The van der Waals surface area contributed by atoms with Crippen molar-refractivity contribution in [1.82, 2.24) is 4.90 Å². The summed E-state index contributed by atoms with van der Waals surface area (Å²) in [5.74, 6) is 0.859. The van der Waals surface area contributed by atoms with Crippen molar-refractivity contribution in [2.45, 2.75) is 24.2 Å². The maximum atomic E-state index is 11.9. The smallest absolute Gasteiger partial charge is 0.232 e. The van der Waals surface area contributed by atoms with Crippen LogP contribution in [0.3, 0.4) is 0 Å². The van der Waals surface area contributed by atoms with Crippen LogP contribution < -0.4 is 0 Å². The summed E-state index contributed by atoms with van der Waals surface area (Å²) in [6.45, 7) is 1.91. The average molecular weight is 235 g/mol. The molecule has 0 saturated carbocycles. The molecule has 0 unspecified atom stereocenters. The van der Waals surface area contributed by atoms with Crippen molar-refractivity contribution in [1.29, 1.82) is 0 Å². The Morgan fingerprint density at radius 1 is 1.12 bits per heavy atom. The van der Waals surface area contributed by atoms with Crippen LogP contribution in [-0.4, -0.2) is 29.6 Å². The van der Waals surface area contributed by atoms with Gasteiger partial charge >= 0.3 is 0 Å². The van der Waals surface area contributed by atoms with E-state index in [1.54, 1.807) is 11.8 Å². The summed E-state index contributed by atoms with van der Waals surface area (Å²) in [6.07, 6.45) is 3.61. The number of piperidine rings is 1. The Hall–Kier alpha value is -0.960. The van der Waals surface area contributed by atoms with Crippen molar-refractivity contribution in [2.24, 2.45) is 0 Å². The molecular formula is C13H17NOS. The highest BCUT2D eigenvalue weighted by Crippen LogP contribution is 2.18. The molecule has 1 saturated heterocycles. The average Bonchev–Trinajstić information content (AvgIpc) is 2.38. The van der Waals surface area contributed by atoms with Gasteiger partial charge in [0.15, 0.2) is 0 Å². The molecule has 1 aliphatic rings. The van der Waals surface area contributed by atoms with Crippen molar-refractivity contribution in [3.63, 3.8) is 0 Å². The zero-order valence-corrected chi connectivity index (χ0v) is 10.2. The Morgan fingerprint density at radius 2 is 1.81 bits per heavy atom. The number of rotatable bonds is 3. The molecule has 3 heteroatoms. The van der Waals surface area contributed by atoms with Gasteiger partial charge in [-0.1, -0.05) is 18.2 Å².